The van der Waals surface area contributed by atoms with Crippen molar-refractivity contribution in [1.82, 2.24) is 4.98 Å². The lowest BCUT2D eigenvalue weighted by molar-refractivity contribution is 0.301. The molecule has 90 valence electrons. The molecule has 1 aromatic carbocycles. The summed E-state index contributed by atoms with van der Waals surface area (Å²) in [5.41, 5.74) is 7.88. The fourth-order valence-electron chi connectivity index (χ4n) is 1.52. The maximum absolute atomic E-state index is 5.83. The Morgan fingerprint density at radius 2 is 2.29 bits per heavy atom. The van der Waals surface area contributed by atoms with E-state index in [0.29, 0.717) is 6.61 Å². The van der Waals surface area contributed by atoms with Gasteiger partial charge < -0.3 is 10.5 Å². The Hall–Kier alpha value is -1.39. The van der Waals surface area contributed by atoms with Crippen LogP contribution >= 0.6 is 11.3 Å². The average Bonchev–Trinajstić information content (AvgIpc) is 2.73. The predicted octanol–water partition coefficient (Wildman–Crippen LogP) is 3.05. The minimum absolute atomic E-state index is 0.0278. The van der Waals surface area contributed by atoms with Crippen LogP contribution in [0.15, 0.2) is 29.6 Å². The summed E-state index contributed by atoms with van der Waals surface area (Å²) in [5.74, 6) is 0.838. The Balaban J connectivity index is 2.01. The number of nitrogens with zero attached hydrogens (tertiary/aromatic N) is 1. The number of benzene rings is 1. The highest BCUT2D eigenvalue weighted by Gasteiger charge is 2.03. The van der Waals surface area contributed by atoms with E-state index in [9.17, 15) is 0 Å². The van der Waals surface area contributed by atoms with Gasteiger partial charge in [0.25, 0.3) is 0 Å². The van der Waals surface area contributed by atoms with Crippen molar-refractivity contribution in [2.45, 2.75) is 26.5 Å². The van der Waals surface area contributed by atoms with Gasteiger partial charge in [-0.05, 0) is 31.5 Å². The van der Waals surface area contributed by atoms with E-state index in [4.69, 9.17) is 10.5 Å². The van der Waals surface area contributed by atoms with E-state index >= 15 is 0 Å². The molecular formula is C13H16N2OS. The number of thiazole rings is 1. The maximum Gasteiger partial charge on any atom is 0.131 e. The van der Waals surface area contributed by atoms with Crippen LogP contribution in [0, 0.1) is 6.92 Å². The summed E-state index contributed by atoms with van der Waals surface area (Å²) < 4.78 is 5.68. The largest absolute Gasteiger partial charge is 0.487 e. The molecule has 0 aliphatic rings. The molecule has 0 fully saturated rings. The fraction of sp³-hybridized carbons (Fsp3) is 0.308. The standard InChI is InChI=1S/C13H16N2OS/c1-9(14)11-4-3-5-13(6-11)16-7-12-8-17-10(2)15-12/h3-6,8-9H,7,14H2,1-2H3/t9-/m0/s1. The van der Waals surface area contributed by atoms with Gasteiger partial charge in [0.05, 0.1) is 10.7 Å². The van der Waals surface area contributed by atoms with Gasteiger partial charge in [0.15, 0.2) is 0 Å². The Bertz CT molecular complexity index is 494. The second-order valence-corrected chi connectivity index (χ2v) is 5.07. The number of aromatic nitrogens is 1. The van der Waals surface area contributed by atoms with E-state index in [2.05, 4.69) is 4.98 Å². The van der Waals surface area contributed by atoms with Gasteiger partial charge in [0.2, 0.25) is 0 Å². The first-order valence-corrected chi connectivity index (χ1v) is 6.42. The Kier molecular flexibility index (Phi) is 3.76. The van der Waals surface area contributed by atoms with E-state index in [1.165, 1.54) is 0 Å². The highest BCUT2D eigenvalue weighted by molar-refractivity contribution is 7.09. The highest BCUT2D eigenvalue weighted by Crippen LogP contribution is 2.19. The summed E-state index contributed by atoms with van der Waals surface area (Å²) in [6.07, 6.45) is 0. The Morgan fingerprint density at radius 1 is 1.47 bits per heavy atom. The van der Waals surface area contributed by atoms with Crippen LogP contribution in [0.25, 0.3) is 0 Å². The molecule has 3 nitrogen and oxygen atoms in total. The molecule has 0 saturated heterocycles. The maximum atomic E-state index is 5.83. The molecule has 4 heteroatoms. The molecule has 0 unspecified atom stereocenters. The number of nitrogens with two attached hydrogens (primary N) is 1. The first-order chi connectivity index (χ1) is 8.15. The minimum Gasteiger partial charge on any atom is -0.487 e. The topological polar surface area (TPSA) is 48.1 Å². The zero-order chi connectivity index (χ0) is 12.3. The van der Waals surface area contributed by atoms with E-state index in [1.54, 1.807) is 11.3 Å². The van der Waals surface area contributed by atoms with Crippen LogP contribution < -0.4 is 10.5 Å². The van der Waals surface area contributed by atoms with E-state index < -0.39 is 0 Å². The molecular weight excluding hydrogens is 232 g/mol. The molecule has 0 bridgehead atoms. The summed E-state index contributed by atoms with van der Waals surface area (Å²) in [6.45, 7) is 4.46. The average molecular weight is 248 g/mol. The lowest BCUT2D eigenvalue weighted by atomic mass is 10.1. The second kappa shape index (κ2) is 5.29. The zero-order valence-corrected chi connectivity index (χ0v) is 10.8. The SMILES string of the molecule is Cc1nc(COc2cccc([C@H](C)N)c2)cs1. The van der Waals surface area contributed by atoms with Crippen LogP contribution in [-0.4, -0.2) is 4.98 Å². The van der Waals surface area contributed by atoms with Gasteiger partial charge in [-0.2, -0.15) is 0 Å². The number of aryl methyl sites for hydroxylation is 1. The van der Waals surface area contributed by atoms with Crippen molar-refractivity contribution in [2.24, 2.45) is 5.73 Å². The number of hydrogen-bond donors (Lipinski definition) is 1. The van der Waals surface area contributed by atoms with Crippen molar-refractivity contribution in [3.05, 3.63) is 45.9 Å². The monoisotopic (exact) mass is 248 g/mol. The fourth-order valence-corrected chi connectivity index (χ4v) is 2.12. The number of hydrogen-bond acceptors (Lipinski definition) is 4. The third-order valence-electron chi connectivity index (χ3n) is 2.44. The Morgan fingerprint density at radius 3 is 2.94 bits per heavy atom. The van der Waals surface area contributed by atoms with E-state index in [1.807, 2.05) is 43.5 Å². The molecule has 2 N–H and O–H groups in total. The predicted molar refractivity (Wildman–Crippen MR) is 70.2 cm³/mol. The van der Waals surface area contributed by atoms with Gasteiger partial charge >= 0.3 is 0 Å². The van der Waals surface area contributed by atoms with Crippen LogP contribution in [0.4, 0.5) is 0 Å². The van der Waals surface area contributed by atoms with Crippen molar-refractivity contribution in [2.75, 3.05) is 0 Å². The second-order valence-electron chi connectivity index (χ2n) is 4.01. The summed E-state index contributed by atoms with van der Waals surface area (Å²) >= 11 is 1.64. The lowest BCUT2D eigenvalue weighted by Gasteiger charge is -2.09. The van der Waals surface area contributed by atoms with Gasteiger partial charge in [-0.3, -0.25) is 0 Å². The third kappa shape index (κ3) is 3.28. The van der Waals surface area contributed by atoms with Gasteiger partial charge in [-0.15, -0.1) is 11.3 Å². The molecule has 1 heterocycles. The van der Waals surface area contributed by atoms with E-state index in [-0.39, 0.29) is 6.04 Å². The first-order valence-electron chi connectivity index (χ1n) is 5.54. The van der Waals surface area contributed by atoms with E-state index in [0.717, 1.165) is 22.0 Å². The van der Waals surface area contributed by atoms with Gasteiger partial charge in [-0.1, -0.05) is 12.1 Å². The quantitative estimate of drug-likeness (QED) is 0.904. The third-order valence-corrected chi connectivity index (χ3v) is 3.26. The van der Waals surface area contributed by atoms with Crippen LogP contribution in [0.1, 0.15) is 29.2 Å². The van der Waals surface area contributed by atoms with Crippen molar-refractivity contribution in [3.8, 4) is 5.75 Å². The van der Waals surface area contributed by atoms with Crippen molar-refractivity contribution in [3.63, 3.8) is 0 Å². The molecule has 0 radical (unpaired) electrons. The van der Waals surface area contributed by atoms with Crippen molar-refractivity contribution in [1.29, 1.82) is 0 Å². The molecule has 2 aromatic rings. The smallest absolute Gasteiger partial charge is 0.131 e. The molecule has 1 aromatic heterocycles. The molecule has 0 saturated carbocycles. The summed E-state index contributed by atoms with van der Waals surface area (Å²) in [6, 6.07) is 7.90. The minimum atomic E-state index is 0.0278. The van der Waals surface area contributed by atoms with Crippen LogP contribution in [0.2, 0.25) is 0 Å². The van der Waals surface area contributed by atoms with Crippen molar-refractivity contribution >= 4 is 11.3 Å². The summed E-state index contributed by atoms with van der Waals surface area (Å²) in [7, 11) is 0. The van der Waals surface area contributed by atoms with Crippen molar-refractivity contribution < 1.29 is 4.74 Å². The molecule has 0 amide bonds. The lowest BCUT2D eigenvalue weighted by Crippen LogP contribution is -2.05. The number of rotatable bonds is 4. The van der Waals surface area contributed by atoms with Crippen LogP contribution in [0.3, 0.4) is 0 Å². The normalized spacial score (nSPS) is 12.4. The Labute approximate surface area is 105 Å². The summed E-state index contributed by atoms with van der Waals surface area (Å²) in [4.78, 5) is 4.35. The van der Waals surface area contributed by atoms with Crippen LogP contribution in [0.5, 0.6) is 5.75 Å². The molecule has 17 heavy (non-hydrogen) atoms. The molecule has 1 atom stereocenters. The summed E-state index contributed by atoms with van der Waals surface area (Å²) in [5, 5.41) is 3.08. The number of ether oxygens (including phenoxy) is 1. The highest BCUT2D eigenvalue weighted by atomic mass is 32.1. The molecule has 0 aliphatic carbocycles. The van der Waals surface area contributed by atoms with Gasteiger partial charge in [0, 0.05) is 11.4 Å². The molecule has 2 rings (SSSR count). The van der Waals surface area contributed by atoms with Crippen LogP contribution in [-0.2, 0) is 6.61 Å². The molecule has 0 spiro atoms. The van der Waals surface area contributed by atoms with Gasteiger partial charge in [0.1, 0.15) is 12.4 Å². The zero-order valence-electron chi connectivity index (χ0n) is 10.0. The first kappa shape index (κ1) is 12.1. The molecule has 0 aliphatic heterocycles. The van der Waals surface area contributed by atoms with Gasteiger partial charge in [-0.25, -0.2) is 4.98 Å².